The number of thiophene rings is 1. The van der Waals surface area contributed by atoms with Gasteiger partial charge >= 0.3 is 0 Å². The Kier molecular flexibility index (Phi) is 4.67. The van der Waals surface area contributed by atoms with Gasteiger partial charge in [0.25, 0.3) is 5.91 Å². The monoisotopic (exact) mass is 344 g/mol. The van der Waals surface area contributed by atoms with Crippen molar-refractivity contribution >= 4 is 38.9 Å². The Morgan fingerprint density at radius 1 is 1.33 bits per heavy atom. The standard InChI is InChI=1S/C13H13ClN2O3S2/c1-8-10(3-2-4-11(8)14)13(17)16-7-9-5-6-12(20-9)21(15,18)19/h2-6H,7H2,1H3,(H,16,17)(H2,15,18,19). The fourth-order valence-electron chi connectivity index (χ4n) is 1.72. The molecular formula is C13H13ClN2O3S2. The lowest BCUT2D eigenvalue weighted by Crippen LogP contribution is -2.23. The molecule has 0 atom stereocenters. The quantitative estimate of drug-likeness (QED) is 0.891. The van der Waals surface area contributed by atoms with Crippen LogP contribution in [0.4, 0.5) is 0 Å². The van der Waals surface area contributed by atoms with Crippen LogP contribution >= 0.6 is 22.9 Å². The predicted octanol–water partition coefficient (Wildman–Crippen LogP) is 2.29. The van der Waals surface area contributed by atoms with Crippen molar-refractivity contribution in [3.05, 3.63) is 51.4 Å². The Labute approximate surface area is 131 Å². The summed E-state index contributed by atoms with van der Waals surface area (Å²) in [5.41, 5.74) is 1.19. The predicted molar refractivity (Wildman–Crippen MR) is 83.1 cm³/mol. The van der Waals surface area contributed by atoms with Crippen molar-refractivity contribution in [3.63, 3.8) is 0 Å². The number of hydrogen-bond donors (Lipinski definition) is 2. The minimum absolute atomic E-state index is 0.0747. The summed E-state index contributed by atoms with van der Waals surface area (Å²) in [6.45, 7) is 1.99. The van der Waals surface area contributed by atoms with E-state index in [0.717, 1.165) is 11.3 Å². The van der Waals surface area contributed by atoms with E-state index in [4.69, 9.17) is 16.7 Å². The SMILES string of the molecule is Cc1c(Cl)cccc1C(=O)NCc1ccc(S(N)(=O)=O)s1. The molecule has 0 aliphatic carbocycles. The van der Waals surface area contributed by atoms with Gasteiger partial charge in [-0.1, -0.05) is 17.7 Å². The molecule has 2 aromatic rings. The highest BCUT2D eigenvalue weighted by Crippen LogP contribution is 2.21. The summed E-state index contributed by atoms with van der Waals surface area (Å²) in [5, 5.41) is 8.28. The summed E-state index contributed by atoms with van der Waals surface area (Å²) in [4.78, 5) is 12.8. The molecule has 0 saturated carbocycles. The fraction of sp³-hybridized carbons (Fsp3) is 0.154. The second-order valence-corrected chi connectivity index (χ2v) is 7.72. The second kappa shape index (κ2) is 6.15. The first-order valence-electron chi connectivity index (χ1n) is 5.94. The van der Waals surface area contributed by atoms with E-state index in [0.29, 0.717) is 21.0 Å². The highest BCUT2D eigenvalue weighted by molar-refractivity contribution is 7.91. The molecule has 1 aromatic heterocycles. The van der Waals surface area contributed by atoms with Gasteiger partial charge < -0.3 is 5.32 Å². The lowest BCUT2D eigenvalue weighted by atomic mass is 10.1. The van der Waals surface area contributed by atoms with Crippen LogP contribution in [0.25, 0.3) is 0 Å². The van der Waals surface area contributed by atoms with Crippen molar-refractivity contribution in [3.8, 4) is 0 Å². The van der Waals surface area contributed by atoms with Crippen LogP contribution in [0.15, 0.2) is 34.5 Å². The van der Waals surface area contributed by atoms with Crippen LogP contribution < -0.4 is 10.5 Å². The van der Waals surface area contributed by atoms with Crippen molar-refractivity contribution in [1.29, 1.82) is 0 Å². The molecule has 8 heteroatoms. The summed E-state index contributed by atoms with van der Waals surface area (Å²) in [6, 6.07) is 8.14. The van der Waals surface area contributed by atoms with Crippen LogP contribution in [0.1, 0.15) is 20.8 Å². The maximum Gasteiger partial charge on any atom is 0.251 e. The van der Waals surface area contributed by atoms with E-state index < -0.39 is 10.0 Å². The molecule has 21 heavy (non-hydrogen) atoms. The summed E-state index contributed by atoms with van der Waals surface area (Å²) in [6.07, 6.45) is 0. The molecule has 0 aliphatic heterocycles. The maximum atomic E-state index is 12.1. The average Bonchev–Trinajstić information content (AvgIpc) is 2.88. The third kappa shape index (κ3) is 3.82. The molecule has 5 nitrogen and oxygen atoms in total. The number of carbonyl (C=O) groups excluding carboxylic acids is 1. The molecule has 0 saturated heterocycles. The third-order valence-electron chi connectivity index (χ3n) is 2.85. The Hall–Kier alpha value is -1.41. The van der Waals surface area contributed by atoms with Crippen LogP contribution in [-0.2, 0) is 16.6 Å². The fourth-order valence-corrected chi connectivity index (χ4v) is 3.62. The Bertz CT molecular complexity index is 784. The number of sulfonamides is 1. The lowest BCUT2D eigenvalue weighted by Gasteiger charge is -2.07. The lowest BCUT2D eigenvalue weighted by molar-refractivity contribution is 0.0950. The van der Waals surface area contributed by atoms with Gasteiger partial charge in [0.2, 0.25) is 10.0 Å². The largest absolute Gasteiger partial charge is 0.347 e. The van der Waals surface area contributed by atoms with Gasteiger partial charge in [0, 0.05) is 15.5 Å². The first-order chi connectivity index (χ1) is 9.79. The van der Waals surface area contributed by atoms with Gasteiger partial charge in [-0.2, -0.15) is 0 Å². The highest BCUT2D eigenvalue weighted by Gasteiger charge is 2.13. The number of hydrogen-bond acceptors (Lipinski definition) is 4. The van der Waals surface area contributed by atoms with Crippen molar-refractivity contribution in [2.45, 2.75) is 17.7 Å². The number of primary sulfonamides is 1. The zero-order chi connectivity index (χ0) is 15.6. The third-order valence-corrected chi connectivity index (χ3v) is 5.79. The molecule has 1 amide bonds. The molecule has 0 unspecified atom stereocenters. The number of nitrogens with one attached hydrogen (secondary N) is 1. The van der Waals surface area contributed by atoms with Crippen molar-refractivity contribution in [1.82, 2.24) is 5.32 Å². The molecule has 0 bridgehead atoms. The molecule has 0 aliphatic rings. The molecule has 0 fully saturated rings. The molecular weight excluding hydrogens is 332 g/mol. The van der Waals surface area contributed by atoms with E-state index in [1.165, 1.54) is 6.07 Å². The number of carbonyl (C=O) groups is 1. The average molecular weight is 345 g/mol. The van der Waals surface area contributed by atoms with E-state index in [-0.39, 0.29) is 16.7 Å². The van der Waals surface area contributed by atoms with Crippen LogP contribution in [0, 0.1) is 6.92 Å². The molecule has 2 rings (SSSR count). The minimum Gasteiger partial charge on any atom is -0.347 e. The van der Waals surface area contributed by atoms with Crippen molar-refractivity contribution < 1.29 is 13.2 Å². The minimum atomic E-state index is -3.70. The Morgan fingerprint density at radius 2 is 2.05 bits per heavy atom. The summed E-state index contributed by atoms with van der Waals surface area (Å²) >= 11 is 7.00. The van der Waals surface area contributed by atoms with Gasteiger partial charge in [0.1, 0.15) is 4.21 Å². The maximum absolute atomic E-state index is 12.1. The first kappa shape index (κ1) is 16.0. The van der Waals surface area contributed by atoms with Crippen LogP contribution in [0.5, 0.6) is 0 Å². The molecule has 0 spiro atoms. The smallest absolute Gasteiger partial charge is 0.251 e. The zero-order valence-electron chi connectivity index (χ0n) is 11.1. The molecule has 0 radical (unpaired) electrons. The number of amides is 1. The number of benzene rings is 1. The van der Waals surface area contributed by atoms with Gasteiger partial charge in [-0.3, -0.25) is 4.79 Å². The van der Waals surface area contributed by atoms with Crippen molar-refractivity contribution in [2.75, 3.05) is 0 Å². The number of halogens is 1. The normalized spacial score (nSPS) is 11.4. The number of rotatable bonds is 4. The van der Waals surface area contributed by atoms with Crippen LogP contribution in [-0.4, -0.2) is 14.3 Å². The highest BCUT2D eigenvalue weighted by atomic mass is 35.5. The summed E-state index contributed by atoms with van der Waals surface area (Å²) < 4.78 is 22.4. The molecule has 1 aromatic carbocycles. The van der Waals surface area contributed by atoms with E-state index in [1.807, 2.05) is 0 Å². The number of nitrogens with two attached hydrogens (primary N) is 1. The zero-order valence-corrected chi connectivity index (χ0v) is 13.5. The van der Waals surface area contributed by atoms with E-state index in [1.54, 1.807) is 31.2 Å². The molecule has 112 valence electrons. The summed E-state index contributed by atoms with van der Waals surface area (Å²) in [7, 11) is -3.70. The van der Waals surface area contributed by atoms with Gasteiger partial charge in [-0.05, 0) is 36.8 Å². The molecule has 3 N–H and O–H groups in total. The topological polar surface area (TPSA) is 89.3 Å². The van der Waals surface area contributed by atoms with Gasteiger partial charge in [-0.25, -0.2) is 13.6 Å². The van der Waals surface area contributed by atoms with E-state index in [2.05, 4.69) is 5.32 Å². The van der Waals surface area contributed by atoms with Crippen LogP contribution in [0.3, 0.4) is 0 Å². The van der Waals surface area contributed by atoms with Crippen LogP contribution in [0.2, 0.25) is 5.02 Å². The van der Waals surface area contributed by atoms with Crippen molar-refractivity contribution in [2.24, 2.45) is 5.14 Å². The van der Waals surface area contributed by atoms with Gasteiger partial charge in [0.15, 0.2) is 0 Å². The Balaban J connectivity index is 2.08. The van der Waals surface area contributed by atoms with E-state index >= 15 is 0 Å². The second-order valence-electron chi connectivity index (χ2n) is 4.36. The van der Waals surface area contributed by atoms with E-state index in [9.17, 15) is 13.2 Å². The Morgan fingerprint density at radius 3 is 2.67 bits per heavy atom. The molecule has 1 heterocycles. The summed E-state index contributed by atoms with van der Waals surface area (Å²) in [5.74, 6) is -0.263. The van der Waals surface area contributed by atoms with Gasteiger partial charge in [0.05, 0.1) is 6.54 Å². The van der Waals surface area contributed by atoms with Gasteiger partial charge in [-0.15, -0.1) is 11.3 Å². The first-order valence-corrected chi connectivity index (χ1v) is 8.68.